The van der Waals surface area contributed by atoms with Gasteiger partial charge in [-0.15, -0.1) is 6.58 Å². The molecular weight excluding hydrogens is 442 g/mol. The minimum Gasteiger partial charge on any atom is -0.461 e. The number of aryl methyl sites for hydroxylation is 1. The van der Waals surface area contributed by atoms with Crippen LogP contribution in [-0.2, 0) is 9.47 Å². The van der Waals surface area contributed by atoms with Crippen molar-refractivity contribution in [1.82, 2.24) is 10.2 Å². The third kappa shape index (κ3) is 6.33. The van der Waals surface area contributed by atoms with Gasteiger partial charge in [0.25, 0.3) is 5.91 Å². The number of aromatic amines is 1. The Bertz CT molecular complexity index is 1010. The number of nitrogens with zero attached hydrogens (tertiary/aromatic N) is 2. The van der Waals surface area contributed by atoms with E-state index in [0.717, 1.165) is 37.0 Å². The number of H-pyrrole nitrogens is 1. The second kappa shape index (κ2) is 11.8. The molecule has 1 amide bonds. The van der Waals surface area contributed by atoms with E-state index in [1.165, 1.54) is 6.07 Å². The van der Waals surface area contributed by atoms with Gasteiger partial charge in [-0.05, 0) is 57.7 Å². The highest BCUT2D eigenvalue weighted by atomic mass is 35.5. The van der Waals surface area contributed by atoms with E-state index in [1.54, 1.807) is 25.0 Å². The van der Waals surface area contributed by atoms with Crippen LogP contribution in [0.15, 0.2) is 49.1 Å². The van der Waals surface area contributed by atoms with Crippen LogP contribution in [0.1, 0.15) is 59.7 Å². The highest BCUT2D eigenvalue weighted by Gasteiger charge is 2.52. The molecule has 1 fully saturated rings. The zero-order valence-corrected chi connectivity index (χ0v) is 20.5. The number of anilines is 1. The first-order valence-electron chi connectivity index (χ1n) is 10.8. The van der Waals surface area contributed by atoms with Crippen molar-refractivity contribution in [3.63, 3.8) is 0 Å². The van der Waals surface area contributed by atoms with Crippen LogP contribution >= 0.6 is 11.6 Å². The Morgan fingerprint density at radius 3 is 2.52 bits per heavy atom. The second-order valence-corrected chi connectivity index (χ2v) is 8.25. The predicted octanol–water partition coefficient (Wildman–Crippen LogP) is 5.51. The zero-order chi connectivity index (χ0) is 24.6. The number of halogens is 1. The van der Waals surface area contributed by atoms with Crippen LogP contribution in [-0.4, -0.2) is 47.9 Å². The van der Waals surface area contributed by atoms with E-state index < -0.39 is 11.5 Å². The van der Waals surface area contributed by atoms with Gasteiger partial charge >= 0.3 is 5.97 Å². The van der Waals surface area contributed by atoms with Crippen molar-refractivity contribution in [2.45, 2.75) is 45.6 Å². The van der Waals surface area contributed by atoms with Gasteiger partial charge in [-0.25, -0.2) is 4.79 Å². The molecule has 0 aliphatic heterocycles. The second-order valence-electron chi connectivity index (χ2n) is 7.84. The summed E-state index contributed by atoms with van der Waals surface area (Å²) in [6, 6.07) is 6.93. The average Bonchev–Trinajstić information content (AvgIpc) is 3.43. The molecule has 1 aliphatic carbocycles. The maximum atomic E-state index is 13.3. The molecule has 1 N–H and O–H groups in total. The lowest BCUT2D eigenvalue weighted by Crippen LogP contribution is -2.43. The lowest BCUT2D eigenvalue weighted by Gasteiger charge is -2.32. The van der Waals surface area contributed by atoms with E-state index in [1.807, 2.05) is 32.1 Å². The van der Waals surface area contributed by atoms with E-state index >= 15 is 0 Å². The summed E-state index contributed by atoms with van der Waals surface area (Å²) in [4.78, 5) is 26.9. The number of methoxy groups -OCH3 is 1. The highest BCUT2D eigenvalue weighted by molar-refractivity contribution is 6.31. The quantitative estimate of drug-likeness (QED) is 0.295. The maximum absolute atomic E-state index is 13.3. The molecule has 8 heteroatoms. The Kier molecular flexibility index (Phi) is 9.44. The summed E-state index contributed by atoms with van der Waals surface area (Å²) in [6.45, 7) is 14.2. The van der Waals surface area contributed by atoms with Crippen molar-refractivity contribution >= 4 is 29.2 Å². The smallest absolute Gasteiger partial charge is 0.356 e. The van der Waals surface area contributed by atoms with Gasteiger partial charge in [0.05, 0.1) is 12.1 Å². The van der Waals surface area contributed by atoms with E-state index in [9.17, 15) is 9.59 Å². The number of esters is 1. The third-order valence-corrected chi connectivity index (χ3v) is 5.79. The van der Waals surface area contributed by atoms with Crippen LogP contribution in [0.4, 0.5) is 5.69 Å². The van der Waals surface area contributed by atoms with Crippen molar-refractivity contribution in [2.24, 2.45) is 0 Å². The third-order valence-electron chi connectivity index (χ3n) is 5.38. The molecule has 0 saturated heterocycles. The van der Waals surface area contributed by atoms with Crippen LogP contribution in [0.3, 0.4) is 0 Å². The van der Waals surface area contributed by atoms with Crippen LogP contribution < -0.4 is 4.90 Å². The van der Waals surface area contributed by atoms with Crippen LogP contribution in [0.2, 0.25) is 5.02 Å². The molecule has 3 rings (SSSR count). The number of amides is 1. The molecule has 0 bridgehead atoms. The van der Waals surface area contributed by atoms with Crippen LogP contribution in [0.5, 0.6) is 0 Å². The summed E-state index contributed by atoms with van der Waals surface area (Å²) in [5.41, 5.74) is 2.32. The molecule has 1 saturated carbocycles. The monoisotopic (exact) mass is 473 g/mol. The molecule has 0 unspecified atom stereocenters. The molecule has 0 atom stereocenters. The van der Waals surface area contributed by atoms with Crippen molar-refractivity contribution in [3.05, 3.63) is 71.0 Å². The molecular formula is C25H32ClN3O4. The molecule has 0 radical (unpaired) electrons. The Morgan fingerprint density at radius 1 is 1.33 bits per heavy atom. The minimum absolute atomic E-state index is 0.141. The van der Waals surface area contributed by atoms with E-state index in [0.29, 0.717) is 10.7 Å². The minimum atomic E-state index is -0.546. The first-order valence-corrected chi connectivity index (χ1v) is 11.2. The standard InChI is InChI=1S/C20H22ClN3O3.C5H10O/c1-5-27-19(26)17-11-16(22-23-17)18(25)24(20(8-9-20)12(2)3)14-7-6-13(4)15(21)10-14;1-3-4-5-6-2/h6-7,10-11H,2,5,8-9H2,1,3-4H3,(H,22,23);3H,1,4-5H2,2H3. The lowest BCUT2D eigenvalue weighted by atomic mass is 10.0. The fraction of sp³-hybridized carbons (Fsp3) is 0.400. The number of hydrogen-bond donors (Lipinski definition) is 1. The van der Waals surface area contributed by atoms with E-state index in [4.69, 9.17) is 21.1 Å². The largest absolute Gasteiger partial charge is 0.461 e. The number of ether oxygens (including phenoxy) is 2. The predicted molar refractivity (Wildman–Crippen MR) is 131 cm³/mol. The Morgan fingerprint density at radius 2 is 2.03 bits per heavy atom. The van der Waals surface area contributed by atoms with Gasteiger partial charge in [0.15, 0.2) is 5.69 Å². The van der Waals surface area contributed by atoms with E-state index in [-0.39, 0.29) is 23.9 Å². The topological polar surface area (TPSA) is 84.5 Å². The van der Waals surface area contributed by atoms with Gasteiger partial charge in [-0.2, -0.15) is 5.10 Å². The van der Waals surface area contributed by atoms with Gasteiger partial charge in [-0.1, -0.05) is 35.9 Å². The van der Waals surface area contributed by atoms with Gasteiger partial charge in [-0.3, -0.25) is 14.8 Å². The Balaban J connectivity index is 0.000000569. The first-order chi connectivity index (χ1) is 15.7. The summed E-state index contributed by atoms with van der Waals surface area (Å²) in [5.74, 6) is -0.864. The summed E-state index contributed by atoms with van der Waals surface area (Å²) < 4.78 is 9.66. The van der Waals surface area contributed by atoms with Crippen molar-refractivity contribution in [2.75, 3.05) is 25.2 Å². The van der Waals surface area contributed by atoms with Crippen molar-refractivity contribution in [1.29, 1.82) is 0 Å². The molecule has 33 heavy (non-hydrogen) atoms. The van der Waals surface area contributed by atoms with Crippen molar-refractivity contribution < 1.29 is 19.1 Å². The van der Waals surface area contributed by atoms with Crippen LogP contribution in [0, 0.1) is 6.92 Å². The molecule has 1 heterocycles. The number of nitrogens with one attached hydrogen (secondary N) is 1. The number of hydrogen-bond acceptors (Lipinski definition) is 5. The zero-order valence-electron chi connectivity index (χ0n) is 19.7. The molecule has 1 aromatic heterocycles. The molecule has 2 aromatic rings. The molecule has 7 nitrogen and oxygen atoms in total. The summed E-state index contributed by atoms with van der Waals surface area (Å²) >= 11 is 6.30. The summed E-state index contributed by atoms with van der Waals surface area (Å²) in [7, 11) is 1.68. The first kappa shape index (κ1) is 26.4. The van der Waals surface area contributed by atoms with Gasteiger partial charge in [0, 0.05) is 30.5 Å². The number of aromatic nitrogens is 2. The normalized spacial score (nSPS) is 13.4. The SMILES string of the molecule is C=C(C)C1(N(C(=O)c2cc(C(=O)OCC)[nH]n2)c2ccc(C)c(Cl)c2)CC1.C=CCCOC. The molecule has 1 aromatic carbocycles. The maximum Gasteiger partial charge on any atom is 0.356 e. The molecule has 1 aliphatic rings. The number of benzene rings is 1. The highest BCUT2D eigenvalue weighted by Crippen LogP contribution is 2.49. The van der Waals surface area contributed by atoms with Crippen LogP contribution in [0.25, 0.3) is 0 Å². The number of rotatable bonds is 9. The van der Waals surface area contributed by atoms with Gasteiger partial charge in [0.1, 0.15) is 5.69 Å². The number of carbonyl (C=O) groups excluding carboxylic acids is 2. The average molecular weight is 474 g/mol. The number of carbonyl (C=O) groups is 2. The van der Waals surface area contributed by atoms with Gasteiger partial charge in [0.2, 0.25) is 0 Å². The van der Waals surface area contributed by atoms with Gasteiger partial charge < -0.3 is 9.47 Å². The van der Waals surface area contributed by atoms with E-state index in [2.05, 4.69) is 23.4 Å². The Labute approximate surface area is 200 Å². The molecule has 0 spiro atoms. The van der Waals surface area contributed by atoms with Crippen molar-refractivity contribution in [3.8, 4) is 0 Å². The lowest BCUT2D eigenvalue weighted by molar-refractivity contribution is 0.0519. The summed E-state index contributed by atoms with van der Waals surface area (Å²) in [6.07, 6.45) is 4.42. The summed E-state index contributed by atoms with van der Waals surface area (Å²) in [5, 5.41) is 7.19. The fourth-order valence-corrected chi connectivity index (χ4v) is 3.47. The molecule has 178 valence electrons. The fourth-order valence-electron chi connectivity index (χ4n) is 3.30. The Hall–Kier alpha value is -2.90.